The summed E-state index contributed by atoms with van der Waals surface area (Å²) < 4.78 is 2.18. The number of benzene rings is 1. The van der Waals surface area contributed by atoms with Gasteiger partial charge in [0.15, 0.2) is 0 Å². The lowest BCUT2D eigenvalue weighted by molar-refractivity contribution is 1.06. The van der Waals surface area contributed by atoms with E-state index >= 15 is 0 Å². The Morgan fingerprint density at radius 1 is 1.10 bits per heavy atom. The third-order valence-electron chi connectivity index (χ3n) is 4.54. The maximum atomic E-state index is 6.10. The first-order chi connectivity index (χ1) is 14.1. The Morgan fingerprint density at radius 2 is 1.86 bits per heavy atom. The van der Waals surface area contributed by atoms with Gasteiger partial charge in [0, 0.05) is 41.3 Å². The molecule has 0 aliphatic carbocycles. The number of nitrogens with zero attached hydrogens (tertiary/aromatic N) is 3. The van der Waals surface area contributed by atoms with Crippen LogP contribution in [0.15, 0.2) is 86.2 Å². The molecule has 0 bridgehead atoms. The minimum absolute atomic E-state index is 0.706. The molecule has 3 rings (SSSR count). The van der Waals surface area contributed by atoms with E-state index in [1.807, 2.05) is 79.8 Å². The highest BCUT2D eigenvalue weighted by Crippen LogP contribution is 2.32. The van der Waals surface area contributed by atoms with Gasteiger partial charge in [0.2, 0.25) is 0 Å². The summed E-state index contributed by atoms with van der Waals surface area (Å²) in [5.41, 5.74) is 5.20. The van der Waals surface area contributed by atoms with E-state index < -0.39 is 0 Å². The average molecular weight is 402 g/mol. The molecule has 0 radical (unpaired) electrons. The molecule has 29 heavy (non-hydrogen) atoms. The first-order valence-corrected chi connectivity index (χ1v) is 9.72. The van der Waals surface area contributed by atoms with Gasteiger partial charge < -0.3 is 9.47 Å². The van der Waals surface area contributed by atoms with Crippen LogP contribution in [0.4, 0.5) is 5.82 Å². The van der Waals surface area contributed by atoms with Crippen molar-refractivity contribution in [1.29, 1.82) is 0 Å². The zero-order valence-corrected chi connectivity index (χ0v) is 17.5. The van der Waals surface area contributed by atoms with Crippen molar-refractivity contribution in [2.24, 2.45) is 0 Å². The average Bonchev–Trinajstić information content (AvgIpc) is 3.11. The molecule has 0 atom stereocenters. The quantitative estimate of drug-likeness (QED) is 0.397. The Hall–Kier alpha value is -3.30. The van der Waals surface area contributed by atoms with E-state index in [2.05, 4.69) is 40.9 Å². The highest BCUT2D eigenvalue weighted by atomic mass is 35.5. The Balaban J connectivity index is 2.13. The second kappa shape index (κ2) is 9.26. The summed E-state index contributed by atoms with van der Waals surface area (Å²) >= 11 is 6.10. The van der Waals surface area contributed by atoms with Gasteiger partial charge in [-0.15, -0.1) is 0 Å². The van der Waals surface area contributed by atoms with Gasteiger partial charge in [-0.3, -0.25) is 0 Å². The second-order valence-electron chi connectivity index (χ2n) is 6.48. The molecule has 2 heterocycles. The monoisotopic (exact) mass is 401 g/mol. The lowest BCUT2D eigenvalue weighted by Crippen LogP contribution is -2.09. The number of allylic oxidation sites excluding steroid dienone is 3. The maximum absolute atomic E-state index is 6.10. The molecule has 3 aromatic rings. The fourth-order valence-electron chi connectivity index (χ4n) is 3.16. The summed E-state index contributed by atoms with van der Waals surface area (Å²) in [6, 6.07) is 14.0. The van der Waals surface area contributed by atoms with Crippen molar-refractivity contribution in [3.05, 3.63) is 103 Å². The Labute approximate surface area is 177 Å². The molecule has 0 amide bonds. The van der Waals surface area contributed by atoms with Crippen LogP contribution in [-0.2, 0) is 0 Å². The number of hydrogen-bond acceptors (Lipinski definition) is 2. The van der Waals surface area contributed by atoms with Gasteiger partial charge in [-0.25, -0.2) is 4.98 Å². The van der Waals surface area contributed by atoms with Crippen molar-refractivity contribution in [3.8, 4) is 16.9 Å². The first-order valence-electron chi connectivity index (χ1n) is 9.34. The van der Waals surface area contributed by atoms with Crippen molar-refractivity contribution in [3.63, 3.8) is 0 Å². The van der Waals surface area contributed by atoms with Gasteiger partial charge in [-0.05, 0) is 61.5 Å². The standard InChI is InChI=1S/C25H24ClN3/c1-5-8-16-28(4)25-15-10-20(18-27-25)24-17-19(9-6-2)23(7-3)29(24)22-13-11-21(26)12-14-22/h5-18H,1,3H2,2,4H3/b9-6-,16-8-. The molecule has 3 nitrogen and oxygen atoms in total. The molecule has 0 aliphatic rings. The van der Waals surface area contributed by atoms with E-state index in [9.17, 15) is 0 Å². The largest absolute Gasteiger partial charge is 0.336 e. The highest BCUT2D eigenvalue weighted by Gasteiger charge is 2.15. The summed E-state index contributed by atoms with van der Waals surface area (Å²) in [7, 11) is 1.96. The molecule has 0 unspecified atom stereocenters. The molecule has 1 aromatic carbocycles. The number of hydrogen-bond donors (Lipinski definition) is 0. The van der Waals surface area contributed by atoms with Gasteiger partial charge in [-0.1, -0.05) is 43.0 Å². The molecular formula is C25H24ClN3. The summed E-state index contributed by atoms with van der Waals surface area (Å²) in [5, 5.41) is 0.706. The summed E-state index contributed by atoms with van der Waals surface area (Å²) in [4.78, 5) is 6.58. The van der Waals surface area contributed by atoms with Gasteiger partial charge in [-0.2, -0.15) is 0 Å². The van der Waals surface area contributed by atoms with Crippen LogP contribution in [0, 0.1) is 0 Å². The molecular weight excluding hydrogens is 378 g/mol. The topological polar surface area (TPSA) is 21.1 Å². The zero-order valence-electron chi connectivity index (χ0n) is 16.7. The van der Waals surface area contributed by atoms with E-state index in [0.29, 0.717) is 5.02 Å². The summed E-state index contributed by atoms with van der Waals surface area (Å²) in [5.74, 6) is 0.856. The van der Waals surface area contributed by atoms with Crippen LogP contribution in [0.25, 0.3) is 29.1 Å². The third-order valence-corrected chi connectivity index (χ3v) is 4.80. The molecule has 0 spiro atoms. The van der Waals surface area contributed by atoms with E-state index in [-0.39, 0.29) is 0 Å². The number of anilines is 1. The van der Waals surface area contributed by atoms with Gasteiger partial charge in [0.1, 0.15) is 5.82 Å². The minimum Gasteiger partial charge on any atom is -0.336 e. The van der Waals surface area contributed by atoms with Gasteiger partial charge in [0.05, 0.1) is 11.4 Å². The molecule has 0 saturated carbocycles. The van der Waals surface area contributed by atoms with Crippen molar-refractivity contribution < 1.29 is 0 Å². The Bertz CT molecular complexity index is 1050. The number of rotatable bonds is 7. The number of aromatic nitrogens is 2. The number of halogens is 1. The van der Waals surface area contributed by atoms with Crippen LogP contribution < -0.4 is 4.90 Å². The SMILES string of the molecule is C=C/C=C\N(C)c1ccc(-c2cc(/C=C\C)c(C=C)n2-c2ccc(Cl)cc2)cn1. The maximum Gasteiger partial charge on any atom is 0.132 e. The molecule has 0 aliphatic heterocycles. The number of pyridine rings is 1. The smallest absolute Gasteiger partial charge is 0.132 e. The van der Waals surface area contributed by atoms with Crippen LogP contribution in [0.2, 0.25) is 5.02 Å². The van der Waals surface area contributed by atoms with Crippen LogP contribution in [0.3, 0.4) is 0 Å². The van der Waals surface area contributed by atoms with Gasteiger partial charge >= 0.3 is 0 Å². The molecule has 4 heteroatoms. The van der Waals surface area contributed by atoms with Crippen molar-refractivity contribution in [2.45, 2.75) is 6.92 Å². The van der Waals surface area contributed by atoms with Crippen molar-refractivity contribution in [2.75, 3.05) is 11.9 Å². The molecule has 2 aromatic heterocycles. The van der Waals surface area contributed by atoms with Crippen molar-refractivity contribution >= 4 is 29.6 Å². The van der Waals surface area contributed by atoms with Crippen LogP contribution in [-0.4, -0.2) is 16.6 Å². The highest BCUT2D eigenvalue weighted by molar-refractivity contribution is 6.30. The fourth-order valence-corrected chi connectivity index (χ4v) is 3.29. The fraction of sp³-hybridized carbons (Fsp3) is 0.0800. The van der Waals surface area contributed by atoms with Crippen LogP contribution in [0.1, 0.15) is 18.2 Å². The zero-order chi connectivity index (χ0) is 20.8. The molecule has 0 saturated heterocycles. The first kappa shape index (κ1) is 20.4. The van der Waals surface area contributed by atoms with E-state index in [4.69, 9.17) is 11.6 Å². The summed E-state index contributed by atoms with van der Waals surface area (Å²) in [6.07, 6.45) is 13.4. The Kier molecular flexibility index (Phi) is 6.53. The predicted octanol–water partition coefficient (Wildman–Crippen LogP) is 7.00. The second-order valence-corrected chi connectivity index (χ2v) is 6.92. The van der Waals surface area contributed by atoms with E-state index in [0.717, 1.165) is 34.0 Å². The minimum atomic E-state index is 0.706. The predicted molar refractivity (Wildman–Crippen MR) is 127 cm³/mol. The molecule has 0 N–H and O–H groups in total. The van der Waals surface area contributed by atoms with Crippen molar-refractivity contribution in [1.82, 2.24) is 9.55 Å². The lowest BCUT2D eigenvalue weighted by atomic mass is 10.1. The molecule has 146 valence electrons. The van der Waals surface area contributed by atoms with E-state index in [1.165, 1.54) is 0 Å². The van der Waals surface area contributed by atoms with E-state index in [1.54, 1.807) is 6.08 Å². The Morgan fingerprint density at radius 3 is 2.45 bits per heavy atom. The van der Waals surface area contributed by atoms with Crippen LogP contribution >= 0.6 is 11.6 Å². The van der Waals surface area contributed by atoms with Crippen LogP contribution in [0.5, 0.6) is 0 Å². The third kappa shape index (κ3) is 4.41. The summed E-state index contributed by atoms with van der Waals surface area (Å²) in [6.45, 7) is 9.74. The van der Waals surface area contributed by atoms with Gasteiger partial charge in [0.25, 0.3) is 0 Å². The lowest BCUT2D eigenvalue weighted by Gasteiger charge is -2.15. The normalized spacial score (nSPS) is 11.3. The molecule has 0 fully saturated rings.